The minimum atomic E-state index is -0.223. The summed E-state index contributed by atoms with van der Waals surface area (Å²) >= 11 is 7.03. The quantitative estimate of drug-likeness (QED) is 0.789. The van der Waals surface area contributed by atoms with E-state index in [4.69, 9.17) is 10.5 Å². The van der Waals surface area contributed by atoms with E-state index in [9.17, 15) is 0 Å². The van der Waals surface area contributed by atoms with Crippen molar-refractivity contribution in [3.8, 4) is 5.75 Å². The lowest BCUT2D eigenvalue weighted by atomic mass is 9.97. The molecule has 0 saturated heterocycles. The Kier molecular flexibility index (Phi) is 5.24. The van der Waals surface area contributed by atoms with Gasteiger partial charge in [0, 0.05) is 14.5 Å². The van der Waals surface area contributed by atoms with Gasteiger partial charge in [-0.1, -0.05) is 55.6 Å². The molecule has 0 radical (unpaired) electrons. The highest BCUT2D eigenvalue weighted by Gasteiger charge is 2.17. The van der Waals surface area contributed by atoms with E-state index in [0.29, 0.717) is 6.61 Å². The number of hydrogen-bond donors (Lipinski definition) is 1. The fourth-order valence-corrected chi connectivity index (χ4v) is 3.41. The summed E-state index contributed by atoms with van der Waals surface area (Å²) in [7, 11) is 0. The molecular weight excluding hydrogens is 382 g/mol. The minimum Gasteiger partial charge on any atom is -0.494 e. The van der Waals surface area contributed by atoms with Gasteiger partial charge >= 0.3 is 0 Å². The maximum atomic E-state index is 6.44. The molecule has 20 heavy (non-hydrogen) atoms. The van der Waals surface area contributed by atoms with E-state index >= 15 is 0 Å². The first kappa shape index (κ1) is 15.5. The van der Waals surface area contributed by atoms with Gasteiger partial charge in [0.15, 0.2) is 0 Å². The molecule has 2 rings (SSSR count). The van der Waals surface area contributed by atoms with Crippen LogP contribution in [-0.4, -0.2) is 6.61 Å². The van der Waals surface area contributed by atoms with Gasteiger partial charge in [0.05, 0.1) is 12.6 Å². The molecule has 2 aromatic carbocycles. The summed E-state index contributed by atoms with van der Waals surface area (Å²) in [6.07, 6.45) is 0. The van der Waals surface area contributed by atoms with Gasteiger partial charge in [-0.05, 0) is 37.6 Å². The van der Waals surface area contributed by atoms with Crippen LogP contribution >= 0.6 is 31.9 Å². The van der Waals surface area contributed by atoms with Crippen molar-refractivity contribution >= 4 is 31.9 Å². The Morgan fingerprint density at radius 1 is 1.10 bits per heavy atom. The molecule has 0 saturated carbocycles. The summed E-state index contributed by atoms with van der Waals surface area (Å²) in [6, 6.07) is 11.9. The zero-order valence-corrected chi connectivity index (χ0v) is 14.7. The first-order valence-electron chi connectivity index (χ1n) is 6.46. The van der Waals surface area contributed by atoms with Crippen molar-refractivity contribution in [1.29, 1.82) is 0 Å². The second-order valence-corrected chi connectivity index (χ2v) is 6.39. The third-order valence-corrected chi connectivity index (χ3v) is 4.28. The van der Waals surface area contributed by atoms with Gasteiger partial charge < -0.3 is 10.5 Å². The van der Waals surface area contributed by atoms with Crippen LogP contribution in [0.25, 0.3) is 0 Å². The highest BCUT2D eigenvalue weighted by Crippen LogP contribution is 2.34. The van der Waals surface area contributed by atoms with Gasteiger partial charge in [-0.25, -0.2) is 0 Å². The lowest BCUT2D eigenvalue weighted by Gasteiger charge is -2.19. The first-order valence-corrected chi connectivity index (χ1v) is 8.05. The molecule has 2 aromatic rings. The highest BCUT2D eigenvalue weighted by molar-refractivity contribution is 9.11. The van der Waals surface area contributed by atoms with Gasteiger partial charge in [0.2, 0.25) is 0 Å². The largest absolute Gasteiger partial charge is 0.494 e. The molecule has 0 aliphatic heterocycles. The molecule has 2 nitrogen and oxygen atoms in total. The van der Waals surface area contributed by atoms with Crippen LogP contribution in [0.4, 0.5) is 0 Å². The molecule has 0 fully saturated rings. The van der Waals surface area contributed by atoms with Crippen LogP contribution in [0, 0.1) is 6.92 Å². The van der Waals surface area contributed by atoms with Crippen molar-refractivity contribution < 1.29 is 4.74 Å². The lowest BCUT2D eigenvalue weighted by Crippen LogP contribution is -2.14. The number of hydrogen-bond acceptors (Lipinski definition) is 2. The smallest absolute Gasteiger partial charge is 0.124 e. The number of ether oxygens (including phenoxy) is 1. The second kappa shape index (κ2) is 6.74. The van der Waals surface area contributed by atoms with E-state index in [-0.39, 0.29) is 6.04 Å². The third kappa shape index (κ3) is 3.43. The number of nitrogens with two attached hydrogens (primary N) is 1. The number of benzene rings is 2. The lowest BCUT2D eigenvalue weighted by molar-refractivity contribution is 0.335. The van der Waals surface area contributed by atoms with Crippen LogP contribution in [0.3, 0.4) is 0 Å². The molecule has 0 aliphatic carbocycles. The van der Waals surface area contributed by atoms with E-state index < -0.39 is 0 Å². The third-order valence-electron chi connectivity index (χ3n) is 3.10. The summed E-state index contributed by atoms with van der Waals surface area (Å²) in [4.78, 5) is 0. The predicted molar refractivity (Wildman–Crippen MR) is 90.2 cm³/mol. The molecule has 1 atom stereocenters. The monoisotopic (exact) mass is 397 g/mol. The molecular formula is C16H17Br2NO. The zero-order chi connectivity index (χ0) is 14.7. The fourth-order valence-electron chi connectivity index (χ4n) is 2.12. The SMILES string of the molecule is CCOc1ccc(C)cc1C(N)c1ccc(Br)cc1Br. The van der Waals surface area contributed by atoms with Crippen LogP contribution in [0.2, 0.25) is 0 Å². The van der Waals surface area contributed by atoms with E-state index in [1.807, 2.05) is 37.3 Å². The van der Waals surface area contributed by atoms with Crippen molar-refractivity contribution in [1.82, 2.24) is 0 Å². The average Bonchev–Trinajstić information content (AvgIpc) is 2.40. The standard InChI is InChI=1S/C16H17Br2NO/c1-3-20-15-7-4-10(2)8-13(15)16(19)12-6-5-11(17)9-14(12)18/h4-9,16H,3,19H2,1-2H3. The first-order chi connectivity index (χ1) is 9.52. The second-order valence-electron chi connectivity index (χ2n) is 4.62. The summed E-state index contributed by atoms with van der Waals surface area (Å²) in [5, 5.41) is 0. The molecule has 106 valence electrons. The summed E-state index contributed by atoms with van der Waals surface area (Å²) in [5.41, 5.74) is 9.67. The molecule has 4 heteroatoms. The van der Waals surface area contributed by atoms with E-state index in [2.05, 4.69) is 44.8 Å². The van der Waals surface area contributed by atoms with Crippen molar-refractivity contribution in [2.45, 2.75) is 19.9 Å². The molecule has 0 bridgehead atoms. The van der Waals surface area contributed by atoms with Crippen molar-refractivity contribution in [2.75, 3.05) is 6.61 Å². The van der Waals surface area contributed by atoms with E-state index in [0.717, 1.165) is 25.8 Å². The maximum absolute atomic E-state index is 6.44. The molecule has 2 N–H and O–H groups in total. The minimum absolute atomic E-state index is 0.223. The van der Waals surface area contributed by atoms with Crippen LogP contribution in [0.1, 0.15) is 29.7 Å². The highest BCUT2D eigenvalue weighted by atomic mass is 79.9. The Labute approximate surface area is 136 Å². The van der Waals surface area contributed by atoms with Crippen LogP contribution in [0.15, 0.2) is 45.3 Å². The topological polar surface area (TPSA) is 35.2 Å². The Hall–Kier alpha value is -0.840. The summed E-state index contributed by atoms with van der Waals surface area (Å²) < 4.78 is 7.71. The summed E-state index contributed by atoms with van der Waals surface area (Å²) in [6.45, 7) is 4.66. The van der Waals surface area contributed by atoms with Crippen LogP contribution in [-0.2, 0) is 0 Å². The number of rotatable bonds is 4. The molecule has 0 amide bonds. The van der Waals surface area contributed by atoms with Gasteiger partial charge in [-0.2, -0.15) is 0 Å². The van der Waals surface area contributed by atoms with Gasteiger partial charge in [0.1, 0.15) is 5.75 Å². The van der Waals surface area contributed by atoms with Gasteiger partial charge in [-0.3, -0.25) is 0 Å². The Morgan fingerprint density at radius 2 is 1.85 bits per heavy atom. The van der Waals surface area contributed by atoms with Crippen molar-refractivity contribution in [3.05, 3.63) is 62.0 Å². The van der Waals surface area contributed by atoms with Crippen LogP contribution < -0.4 is 10.5 Å². The Bertz CT molecular complexity index is 613. The van der Waals surface area contributed by atoms with Crippen molar-refractivity contribution in [2.24, 2.45) is 5.73 Å². The van der Waals surface area contributed by atoms with E-state index in [1.165, 1.54) is 5.56 Å². The van der Waals surface area contributed by atoms with Gasteiger partial charge in [-0.15, -0.1) is 0 Å². The van der Waals surface area contributed by atoms with Crippen molar-refractivity contribution in [3.63, 3.8) is 0 Å². The summed E-state index contributed by atoms with van der Waals surface area (Å²) in [5.74, 6) is 0.848. The zero-order valence-electron chi connectivity index (χ0n) is 11.5. The molecule has 0 heterocycles. The number of aryl methyl sites for hydroxylation is 1. The molecule has 0 spiro atoms. The molecule has 0 aromatic heterocycles. The molecule has 0 aliphatic rings. The number of halogens is 2. The van der Waals surface area contributed by atoms with Gasteiger partial charge in [0.25, 0.3) is 0 Å². The normalized spacial score (nSPS) is 12.2. The average molecular weight is 399 g/mol. The fraction of sp³-hybridized carbons (Fsp3) is 0.250. The van der Waals surface area contributed by atoms with E-state index in [1.54, 1.807) is 0 Å². The van der Waals surface area contributed by atoms with Crippen LogP contribution in [0.5, 0.6) is 5.75 Å². The maximum Gasteiger partial charge on any atom is 0.124 e. The molecule has 1 unspecified atom stereocenters. The predicted octanol–water partition coefficient (Wildman–Crippen LogP) is 4.97. The Morgan fingerprint density at radius 3 is 2.50 bits per heavy atom. The Balaban J connectivity index is 2.46.